The van der Waals surface area contributed by atoms with Crippen molar-refractivity contribution in [3.05, 3.63) is 95.6 Å². The molecule has 0 bridgehead atoms. The van der Waals surface area contributed by atoms with Crippen molar-refractivity contribution in [2.24, 2.45) is 0 Å². The summed E-state index contributed by atoms with van der Waals surface area (Å²) in [4.78, 5) is 38.1. The summed E-state index contributed by atoms with van der Waals surface area (Å²) in [6.45, 7) is 0.691. The van der Waals surface area contributed by atoms with Crippen molar-refractivity contribution in [2.45, 2.75) is 19.4 Å². The van der Waals surface area contributed by atoms with Crippen LogP contribution in [0.4, 0.5) is 5.69 Å². The minimum absolute atomic E-state index is 0.172. The fourth-order valence-corrected chi connectivity index (χ4v) is 3.44. The predicted molar refractivity (Wildman–Crippen MR) is 117 cm³/mol. The van der Waals surface area contributed by atoms with Crippen LogP contribution in [0.15, 0.2) is 78.9 Å². The van der Waals surface area contributed by atoms with E-state index in [1.807, 2.05) is 30.3 Å². The minimum atomic E-state index is -0.299. The zero-order chi connectivity index (χ0) is 21.6. The maximum atomic E-state index is 12.3. The van der Waals surface area contributed by atoms with Crippen LogP contribution >= 0.6 is 0 Å². The largest absolute Gasteiger partial charge is 0.489 e. The first-order valence-corrected chi connectivity index (χ1v) is 10.1. The SMILES string of the molecule is O=C(CCCN1C(=O)c2ccccc2C1=O)Nc1ccc(OCc2ccccc2)cc1. The molecule has 0 spiro atoms. The van der Waals surface area contributed by atoms with Crippen molar-refractivity contribution < 1.29 is 19.1 Å². The minimum Gasteiger partial charge on any atom is -0.489 e. The third-order valence-corrected chi connectivity index (χ3v) is 5.05. The van der Waals surface area contributed by atoms with Gasteiger partial charge in [-0.3, -0.25) is 19.3 Å². The second kappa shape index (κ2) is 9.26. The molecule has 3 amide bonds. The van der Waals surface area contributed by atoms with Crippen molar-refractivity contribution in [2.75, 3.05) is 11.9 Å². The first-order valence-electron chi connectivity index (χ1n) is 10.1. The first kappa shape index (κ1) is 20.3. The second-order valence-electron chi connectivity index (χ2n) is 7.26. The molecule has 6 heteroatoms. The highest BCUT2D eigenvalue weighted by molar-refractivity contribution is 6.21. The number of benzene rings is 3. The summed E-state index contributed by atoms with van der Waals surface area (Å²) < 4.78 is 5.74. The van der Waals surface area contributed by atoms with Crippen LogP contribution < -0.4 is 10.1 Å². The molecule has 0 radical (unpaired) electrons. The molecule has 0 aromatic heterocycles. The monoisotopic (exact) mass is 414 g/mol. The molecule has 0 saturated carbocycles. The Morgan fingerprint density at radius 1 is 0.806 bits per heavy atom. The maximum Gasteiger partial charge on any atom is 0.261 e. The molecule has 0 saturated heterocycles. The molecule has 3 aromatic rings. The molecule has 156 valence electrons. The Morgan fingerprint density at radius 2 is 1.42 bits per heavy atom. The number of carbonyl (C=O) groups excluding carboxylic acids is 3. The summed E-state index contributed by atoms with van der Waals surface area (Å²) in [7, 11) is 0. The van der Waals surface area contributed by atoms with Crippen LogP contribution in [0.25, 0.3) is 0 Å². The number of imide groups is 1. The highest BCUT2D eigenvalue weighted by Gasteiger charge is 2.34. The summed E-state index contributed by atoms with van der Waals surface area (Å²) >= 11 is 0. The van der Waals surface area contributed by atoms with Crippen LogP contribution in [0, 0.1) is 0 Å². The van der Waals surface area contributed by atoms with Gasteiger partial charge in [0, 0.05) is 18.7 Å². The molecule has 0 unspecified atom stereocenters. The second-order valence-corrected chi connectivity index (χ2v) is 7.26. The van der Waals surface area contributed by atoms with Gasteiger partial charge in [0.2, 0.25) is 5.91 Å². The zero-order valence-electron chi connectivity index (χ0n) is 16.9. The fourth-order valence-electron chi connectivity index (χ4n) is 3.44. The van der Waals surface area contributed by atoms with Gasteiger partial charge in [-0.1, -0.05) is 42.5 Å². The Balaban J connectivity index is 1.22. The summed E-state index contributed by atoms with van der Waals surface area (Å²) in [6, 6.07) is 23.8. The third-order valence-electron chi connectivity index (χ3n) is 5.05. The number of rotatable bonds is 8. The van der Waals surface area contributed by atoms with Crippen LogP contribution in [0.5, 0.6) is 5.75 Å². The average Bonchev–Trinajstić information content (AvgIpc) is 3.04. The van der Waals surface area contributed by atoms with E-state index >= 15 is 0 Å². The van der Waals surface area contributed by atoms with Gasteiger partial charge in [0.15, 0.2) is 0 Å². The lowest BCUT2D eigenvalue weighted by Crippen LogP contribution is -2.31. The standard InChI is InChI=1S/C25H22N2O4/c28-23(11-6-16-27-24(29)21-9-4-5-10-22(21)25(27)30)26-19-12-14-20(15-13-19)31-17-18-7-2-1-3-8-18/h1-5,7-10,12-15H,6,11,16-17H2,(H,26,28). The molecule has 4 rings (SSSR count). The van der Waals surface area contributed by atoms with E-state index in [0.717, 1.165) is 5.56 Å². The van der Waals surface area contributed by atoms with E-state index in [0.29, 0.717) is 35.6 Å². The van der Waals surface area contributed by atoms with E-state index in [2.05, 4.69) is 5.32 Å². The molecule has 0 fully saturated rings. The topological polar surface area (TPSA) is 75.7 Å². The lowest BCUT2D eigenvalue weighted by molar-refractivity contribution is -0.116. The number of hydrogen-bond acceptors (Lipinski definition) is 4. The van der Waals surface area contributed by atoms with Crippen LogP contribution in [0.1, 0.15) is 39.1 Å². The van der Waals surface area contributed by atoms with Gasteiger partial charge in [-0.2, -0.15) is 0 Å². The van der Waals surface area contributed by atoms with Crippen molar-refractivity contribution in [1.29, 1.82) is 0 Å². The summed E-state index contributed by atoms with van der Waals surface area (Å²) in [5, 5.41) is 2.83. The number of amides is 3. The van der Waals surface area contributed by atoms with E-state index in [4.69, 9.17) is 4.74 Å². The molecular formula is C25H22N2O4. The van der Waals surface area contributed by atoms with Crippen molar-refractivity contribution in [1.82, 2.24) is 4.90 Å². The third kappa shape index (κ3) is 4.80. The van der Waals surface area contributed by atoms with E-state index in [1.165, 1.54) is 4.90 Å². The highest BCUT2D eigenvalue weighted by Crippen LogP contribution is 2.23. The molecule has 3 aromatic carbocycles. The van der Waals surface area contributed by atoms with Gasteiger partial charge in [0.1, 0.15) is 12.4 Å². The Bertz CT molecular complexity index is 1060. The predicted octanol–water partition coefficient (Wildman–Crippen LogP) is 4.28. The number of nitrogens with zero attached hydrogens (tertiary/aromatic N) is 1. The normalized spacial score (nSPS) is 12.6. The molecule has 1 aliphatic heterocycles. The molecule has 31 heavy (non-hydrogen) atoms. The summed E-state index contributed by atoms with van der Waals surface area (Å²) in [6.07, 6.45) is 0.606. The zero-order valence-corrected chi connectivity index (χ0v) is 16.9. The van der Waals surface area contributed by atoms with Crippen molar-refractivity contribution in [3.63, 3.8) is 0 Å². The lowest BCUT2D eigenvalue weighted by atomic mass is 10.1. The number of nitrogens with one attached hydrogen (secondary N) is 1. The molecule has 0 atom stereocenters. The molecule has 6 nitrogen and oxygen atoms in total. The molecule has 1 aliphatic rings. The van der Waals surface area contributed by atoms with Crippen LogP contribution in [0.2, 0.25) is 0 Å². The highest BCUT2D eigenvalue weighted by atomic mass is 16.5. The number of fused-ring (bicyclic) bond motifs is 1. The number of carbonyl (C=O) groups is 3. The van der Waals surface area contributed by atoms with Gasteiger partial charge in [-0.25, -0.2) is 0 Å². The van der Waals surface area contributed by atoms with Gasteiger partial charge in [-0.15, -0.1) is 0 Å². The van der Waals surface area contributed by atoms with Crippen molar-refractivity contribution >= 4 is 23.4 Å². The Kier molecular flexibility index (Phi) is 6.08. The van der Waals surface area contributed by atoms with Gasteiger partial charge in [0.25, 0.3) is 11.8 Å². The average molecular weight is 414 g/mol. The lowest BCUT2D eigenvalue weighted by Gasteiger charge is -2.13. The van der Waals surface area contributed by atoms with Gasteiger partial charge in [0.05, 0.1) is 11.1 Å². The Hall–Kier alpha value is -3.93. The van der Waals surface area contributed by atoms with Crippen LogP contribution in [-0.2, 0) is 11.4 Å². The van der Waals surface area contributed by atoms with Gasteiger partial charge < -0.3 is 10.1 Å². The molecule has 0 aliphatic carbocycles. The number of ether oxygens (including phenoxy) is 1. The smallest absolute Gasteiger partial charge is 0.261 e. The van der Waals surface area contributed by atoms with E-state index in [1.54, 1.807) is 48.5 Å². The molecular weight excluding hydrogens is 392 g/mol. The van der Waals surface area contributed by atoms with Crippen molar-refractivity contribution in [3.8, 4) is 5.75 Å². The van der Waals surface area contributed by atoms with Crippen LogP contribution in [-0.4, -0.2) is 29.2 Å². The van der Waals surface area contributed by atoms with Gasteiger partial charge >= 0.3 is 0 Å². The summed E-state index contributed by atoms with van der Waals surface area (Å²) in [5.74, 6) is -0.0544. The summed E-state index contributed by atoms with van der Waals surface area (Å²) in [5.41, 5.74) is 2.59. The van der Waals surface area contributed by atoms with Crippen LogP contribution in [0.3, 0.4) is 0 Å². The van der Waals surface area contributed by atoms with E-state index in [-0.39, 0.29) is 30.7 Å². The Morgan fingerprint density at radius 3 is 2.06 bits per heavy atom. The van der Waals surface area contributed by atoms with E-state index < -0.39 is 0 Å². The first-order chi connectivity index (χ1) is 15.1. The maximum absolute atomic E-state index is 12.3. The molecule has 1 N–H and O–H groups in total. The van der Waals surface area contributed by atoms with Gasteiger partial charge in [-0.05, 0) is 48.4 Å². The number of anilines is 1. The fraction of sp³-hybridized carbons (Fsp3) is 0.160. The quantitative estimate of drug-likeness (QED) is 0.558. The van der Waals surface area contributed by atoms with E-state index in [9.17, 15) is 14.4 Å². The number of hydrogen-bond donors (Lipinski definition) is 1. The molecule has 1 heterocycles. The Labute approximate surface area is 180 Å².